The summed E-state index contributed by atoms with van der Waals surface area (Å²) in [6.45, 7) is 0. The van der Waals surface area contributed by atoms with Gasteiger partial charge in [0.2, 0.25) is 0 Å². The highest BCUT2D eigenvalue weighted by molar-refractivity contribution is 5.92. The molecular formula is C19H19N5O2. The quantitative estimate of drug-likeness (QED) is 0.671. The van der Waals surface area contributed by atoms with Gasteiger partial charge in [-0.15, -0.1) is 0 Å². The van der Waals surface area contributed by atoms with Gasteiger partial charge in [-0.05, 0) is 30.5 Å². The SMILES string of the molecule is Nc1nccn2c(C3CCC3)nc(C3Cc4c(cccc4C(=O)O)N3)c12. The summed E-state index contributed by atoms with van der Waals surface area (Å²) in [5, 5.41) is 12.9. The van der Waals surface area contributed by atoms with Crippen molar-refractivity contribution in [3.8, 4) is 0 Å². The van der Waals surface area contributed by atoms with E-state index in [9.17, 15) is 9.90 Å². The summed E-state index contributed by atoms with van der Waals surface area (Å²) < 4.78 is 2.06. The highest BCUT2D eigenvalue weighted by Gasteiger charge is 2.33. The zero-order valence-electron chi connectivity index (χ0n) is 14.1. The van der Waals surface area contributed by atoms with Crippen LogP contribution >= 0.6 is 0 Å². The van der Waals surface area contributed by atoms with E-state index in [2.05, 4.69) is 14.7 Å². The molecule has 0 amide bonds. The maximum Gasteiger partial charge on any atom is 0.336 e. The number of nitrogen functional groups attached to an aromatic ring is 1. The van der Waals surface area contributed by atoms with Gasteiger partial charge in [0.05, 0.1) is 17.3 Å². The third-order valence-corrected chi connectivity index (χ3v) is 5.58. The molecule has 26 heavy (non-hydrogen) atoms. The standard InChI is InChI=1S/C19H19N5O2/c20-17-16-15(23-18(10-3-1-4-10)24(16)8-7-21-17)14-9-12-11(19(25)26)5-2-6-13(12)22-14/h2,5-8,10,14,22H,1,3-4,9H2,(H2,20,21)(H,25,26). The molecule has 1 aliphatic carbocycles. The highest BCUT2D eigenvalue weighted by atomic mass is 16.4. The minimum absolute atomic E-state index is 0.110. The van der Waals surface area contributed by atoms with Crippen molar-refractivity contribution in [2.24, 2.45) is 0 Å². The molecule has 1 atom stereocenters. The van der Waals surface area contributed by atoms with E-state index in [-0.39, 0.29) is 6.04 Å². The molecule has 132 valence electrons. The van der Waals surface area contributed by atoms with Crippen LogP contribution in [-0.4, -0.2) is 25.4 Å². The second-order valence-corrected chi connectivity index (χ2v) is 7.05. The monoisotopic (exact) mass is 349 g/mol. The number of anilines is 2. The van der Waals surface area contributed by atoms with Gasteiger partial charge >= 0.3 is 5.97 Å². The van der Waals surface area contributed by atoms with E-state index >= 15 is 0 Å². The van der Waals surface area contributed by atoms with Crippen molar-refractivity contribution in [3.05, 3.63) is 53.2 Å². The Balaban J connectivity index is 1.62. The number of fused-ring (bicyclic) bond motifs is 2. The molecule has 7 heteroatoms. The Bertz CT molecular complexity index is 1040. The minimum Gasteiger partial charge on any atom is -0.478 e. The van der Waals surface area contributed by atoms with Gasteiger partial charge in [-0.3, -0.25) is 4.40 Å². The first-order valence-corrected chi connectivity index (χ1v) is 8.87. The third-order valence-electron chi connectivity index (χ3n) is 5.58. The Hall–Kier alpha value is -3.09. The highest BCUT2D eigenvalue weighted by Crippen LogP contribution is 2.41. The van der Waals surface area contributed by atoms with E-state index in [1.807, 2.05) is 12.3 Å². The number of nitrogens with one attached hydrogen (secondary N) is 1. The number of hydrogen-bond donors (Lipinski definition) is 3. The Morgan fingerprint density at radius 1 is 1.35 bits per heavy atom. The van der Waals surface area contributed by atoms with Crippen LogP contribution in [0.2, 0.25) is 0 Å². The molecule has 1 aliphatic heterocycles. The number of imidazole rings is 1. The van der Waals surface area contributed by atoms with Gasteiger partial charge in [0, 0.05) is 30.4 Å². The zero-order valence-corrected chi connectivity index (χ0v) is 14.1. The lowest BCUT2D eigenvalue weighted by Crippen LogP contribution is -2.13. The number of aromatic carboxylic acids is 1. The van der Waals surface area contributed by atoms with Crippen LogP contribution in [0.15, 0.2) is 30.6 Å². The molecule has 5 rings (SSSR count). The fourth-order valence-electron chi connectivity index (χ4n) is 4.06. The first-order valence-electron chi connectivity index (χ1n) is 8.87. The largest absolute Gasteiger partial charge is 0.478 e. The zero-order chi connectivity index (χ0) is 17.8. The van der Waals surface area contributed by atoms with Gasteiger partial charge in [0.15, 0.2) is 0 Å². The second-order valence-electron chi connectivity index (χ2n) is 7.05. The average Bonchev–Trinajstić information content (AvgIpc) is 3.15. The molecule has 2 aromatic heterocycles. The molecular weight excluding hydrogens is 330 g/mol. The number of carbonyl (C=O) groups is 1. The number of aromatic nitrogens is 3. The van der Waals surface area contributed by atoms with Gasteiger partial charge in [0.1, 0.15) is 17.2 Å². The first-order chi connectivity index (χ1) is 12.6. The normalized spacial score (nSPS) is 19.2. The van der Waals surface area contributed by atoms with Crippen molar-refractivity contribution in [2.75, 3.05) is 11.1 Å². The predicted molar refractivity (Wildman–Crippen MR) is 97.5 cm³/mol. The molecule has 7 nitrogen and oxygen atoms in total. The average molecular weight is 349 g/mol. The van der Waals surface area contributed by atoms with Crippen LogP contribution < -0.4 is 11.1 Å². The number of carboxylic acids is 1. The van der Waals surface area contributed by atoms with E-state index in [1.54, 1.807) is 18.3 Å². The molecule has 1 saturated carbocycles. The molecule has 3 aromatic rings. The molecule has 0 saturated heterocycles. The summed E-state index contributed by atoms with van der Waals surface area (Å²) in [7, 11) is 0. The topological polar surface area (TPSA) is 106 Å². The first kappa shape index (κ1) is 15.2. The van der Waals surface area contributed by atoms with Gasteiger partial charge < -0.3 is 16.2 Å². The van der Waals surface area contributed by atoms with Gasteiger partial charge in [-0.25, -0.2) is 14.8 Å². The minimum atomic E-state index is -0.907. The van der Waals surface area contributed by atoms with E-state index in [0.29, 0.717) is 23.7 Å². The molecule has 3 heterocycles. The van der Waals surface area contributed by atoms with Crippen molar-refractivity contribution in [1.82, 2.24) is 14.4 Å². The van der Waals surface area contributed by atoms with Gasteiger partial charge in [-0.1, -0.05) is 12.5 Å². The van der Waals surface area contributed by atoms with E-state index in [4.69, 9.17) is 10.7 Å². The van der Waals surface area contributed by atoms with Gasteiger partial charge in [-0.2, -0.15) is 0 Å². The fourth-order valence-corrected chi connectivity index (χ4v) is 4.06. The molecule has 0 radical (unpaired) electrons. The molecule has 0 spiro atoms. The maximum atomic E-state index is 11.5. The molecule has 4 N–H and O–H groups in total. The Labute approximate surface area is 149 Å². The number of carboxylic acid groups (broad SMARTS) is 1. The van der Waals surface area contributed by atoms with Crippen LogP contribution in [0.4, 0.5) is 11.5 Å². The van der Waals surface area contributed by atoms with Crippen molar-refractivity contribution in [3.63, 3.8) is 0 Å². The van der Waals surface area contributed by atoms with Crippen molar-refractivity contribution >= 4 is 23.0 Å². The Morgan fingerprint density at radius 2 is 2.19 bits per heavy atom. The van der Waals surface area contributed by atoms with Crippen LogP contribution in [0.5, 0.6) is 0 Å². The molecule has 2 aliphatic rings. The van der Waals surface area contributed by atoms with Crippen LogP contribution in [0.3, 0.4) is 0 Å². The van der Waals surface area contributed by atoms with Crippen LogP contribution in [-0.2, 0) is 6.42 Å². The number of nitrogens with zero attached hydrogens (tertiary/aromatic N) is 3. The van der Waals surface area contributed by atoms with Crippen molar-refractivity contribution in [1.29, 1.82) is 0 Å². The number of nitrogens with two attached hydrogens (primary N) is 1. The van der Waals surface area contributed by atoms with E-state index < -0.39 is 5.97 Å². The smallest absolute Gasteiger partial charge is 0.336 e. The summed E-state index contributed by atoms with van der Waals surface area (Å²) in [6, 6.07) is 5.21. The van der Waals surface area contributed by atoms with Crippen LogP contribution in [0, 0.1) is 0 Å². The third kappa shape index (κ3) is 2.09. The van der Waals surface area contributed by atoms with Crippen LogP contribution in [0.25, 0.3) is 5.52 Å². The summed E-state index contributed by atoms with van der Waals surface area (Å²) in [5.74, 6) is 1.04. The fraction of sp³-hybridized carbons (Fsp3) is 0.316. The van der Waals surface area contributed by atoms with E-state index in [1.165, 1.54) is 6.42 Å². The molecule has 1 aromatic carbocycles. The lowest BCUT2D eigenvalue weighted by atomic mass is 9.85. The molecule has 1 fully saturated rings. The summed E-state index contributed by atoms with van der Waals surface area (Å²) in [6.07, 6.45) is 7.70. The number of rotatable bonds is 3. The lowest BCUT2D eigenvalue weighted by Gasteiger charge is -2.23. The Kier molecular flexibility index (Phi) is 3.19. The second kappa shape index (κ2) is 5.45. The summed E-state index contributed by atoms with van der Waals surface area (Å²) in [4.78, 5) is 20.7. The molecule has 1 unspecified atom stereocenters. The van der Waals surface area contributed by atoms with Crippen LogP contribution in [0.1, 0.15) is 58.7 Å². The summed E-state index contributed by atoms with van der Waals surface area (Å²) >= 11 is 0. The molecule has 0 bridgehead atoms. The van der Waals surface area contributed by atoms with Crippen molar-refractivity contribution in [2.45, 2.75) is 37.6 Å². The predicted octanol–water partition coefficient (Wildman–Crippen LogP) is 2.99. The number of hydrogen-bond acceptors (Lipinski definition) is 5. The maximum absolute atomic E-state index is 11.5. The summed E-state index contributed by atoms with van der Waals surface area (Å²) in [5.41, 5.74) is 9.88. The Morgan fingerprint density at radius 3 is 2.92 bits per heavy atom. The number of benzene rings is 1. The van der Waals surface area contributed by atoms with Crippen molar-refractivity contribution < 1.29 is 9.90 Å². The lowest BCUT2D eigenvalue weighted by molar-refractivity contribution is 0.0696. The van der Waals surface area contributed by atoms with E-state index in [0.717, 1.165) is 41.1 Å². The van der Waals surface area contributed by atoms with Gasteiger partial charge in [0.25, 0.3) is 0 Å².